The molecule has 0 aliphatic heterocycles. The minimum absolute atomic E-state index is 0.425. The highest BCUT2D eigenvalue weighted by Crippen LogP contribution is 2.33. The average molecular weight is 565 g/mol. The second kappa shape index (κ2) is 14.1. The molecule has 0 saturated carbocycles. The van der Waals surface area contributed by atoms with Crippen molar-refractivity contribution in [2.75, 3.05) is 51.8 Å². The van der Waals surface area contributed by atoms with Gasteiger partial charge in [-0.3, -0.25) is 9.88 Å². The molecule has 1 aromatic carbocycles. The Morgan fingerprint density at radius 2 is 1.93 bits per heavy atom. The standard InChI is InChI=1S/C31H44N6O2S/c1-7-8-27(21-32-2)36(3)22-26-11-9-24-19-28(12-13-29(24)35-26)39-31-14-10-25(20-33-31)30-15-16-34-37(30)23-38-17-18-40(4,5)6/h9-16,19-20,27,32H,7-8,17-18,21-23H2,1-6H3. The van der Waals surface area contributed by atoms with Crippen LogP contribution in [0.25, 0.3) is 22.2 Å². The van der Waals surface area contributed by atoms with Crippen LogP contribution >= 0.6 is 10.0 Å². The summed E-state index contributed by atoms with van der Waals surface area (Å²) in [5.41, 5.74) is 3.96. The quantitative estimate of drug-likeness (QED) is 0.184. The SMILES string of the molecule is CCCC(CNC)N(C)Cc1ccc2cc(Oc3ccc(-c4ccnn4COCCS(C)(C)C)cn3)ccc2n1. The molecule has 40 heavy (non-hydrogen) atoms. The van der Waals surface area contributed by atoms with Crippen molar-refractivity contribution in [1.82, 2.24) is 30.0 Å². The minimum atomic E-state index is -0.569. The molecule has 0 aliphatic rings. The lowest BCUT2D eigenvalue weighted by Gasteiger charge is -2.27. The van der Waals surface area contributed by atoms with Gasteiger partial charge in [-0.15, -0.1) is 0 Å². The summed E-state index contributed by atoms with van der Waals surface area (Å²) in [5, 5.41) is 8.77. The molecule has 1 atom stereocenters. The van der Waals surface area contributed by atoms with E-state index in [0.29, 0.717) is 18.7 Å². The van der Waals surface area contributed by atoms with E-state index in [1.54, 1.807) is 6.20 Å². The van der Waals surface area contributed by atoms with Crippen molar-refractivity contribution in [1.29, 1.82) is 0 Å². The number of rotatable bonds is 15. The molecule has 0 amide bonds. The Hall–Kier alpha value is -2.98. The molecule has 3 aromatic heterocycles. The van der Waals surface area contributed by atoms with Gasteiger partial charge in [0.25, 0.3) is 0 Å². The van der Waals surface area contributed by atoms with Crippen molar-refractivity contribution in [3.05, 3.63) is 66.6 Å². The van der Waals surface area contributed by atoms with Crippen LogP contribution in [0, 0.1) is 0 Å². The van der Waals surface area contributed by atoms with Crippen LogP contribution in [0.3, 0.4) is 0 Å². The van der Waals surface area contributed by atoms with Crippen molar-refractivity contribution in [2.45, 2.75) is 39.1 Å². The summed E-state index contributed by atoms with van der Waals surface area (Å²) < 4.78 is 13.8. The number of fused-ring (bicyclic) bond motifs is 1. The van der Waals surface area contributed by atoms with Crippen LogP contribution in [-0.4, -0.2) is 82.5 Å². The van der Waals surface area contributed by atoms with Gasteiger partial charge in [0.1, 0.15) is 12.5 Å². The highest BCUT2D eigenvalue weighted by molar-refractivity contribution is 8.32. The molecule has 1 unspecified atom stereocenters. The number of hydrogen-bond donors (Lipinski definition) is 1. The van der Waals surface area contributed by atoms with Crippen LogP contribution in [0.4, 0.5) is 0 Å². The normalized spacial score (nSPS) is 13.2. The number of ether oxygens (including phenoxy) is 2. The second-order valence-electron chi connectivity index (χ2n) is 11.1. The van der Waals surface area contributed by atoms with Gasteiger partial charge < -0.3 is 14.8 Å². The molecule has 0 fully saturated rings. The Labute approximate surface area is 240 Å². The maximum absolute atomic E-state index is 6.08. The van der Waals surface area contributed by atoms with Gasteiger partial charge in [-0.05, 0) is 75.7 Å². The van der Waals surface area contributed by atoms with E-state index in [9.17, 15) is 0 Å². The van der Waals surface area contributed by atoms with Gasteiger partial charge in [0.2, 0.25) is 5.88 Å². The zero-order chi connectivity index (χ0) is 28.5. The van der Waals surface area contributed by atoms with Gasteiger partial charge in [0, 0.05) is 54.3 Å². The van der Waals surface area contributed by atoms with Gasteiger partial charge in [0.15, 0.2) is 0 Å². The first-order chi connectivity index (χ1) is 19.3. The highest BCUT2D eigenvalue weighted by Gasteiger charge is 2.14. The maximum atomic E-state index is 6.08. The molecule has 0 spiro atoms. The first kappa shape index (κ1) is 30.0. The molecular weight excluding hydrogens is 520 g/mol. The third kappa shape index (κ3) is 8.51. The number of benzene rings is 1. The largest absolute Gasteiger partial charge is 0.439 e. The zero-order valence-electron chi connectivity index (χ0n) is 24.8. The molecule has 4 rings (SSSR count). The predicted molar refractivity (Wildman–Crippen MR) is 168 cm³/mol. The van der Waals surface area contributed by atoms with E-state index in [1.165, 1.54) is 6.42 Å². The van der Waals surface area contributed by atoms with E-state index in [0.717, 1.165) is 65.5 Å². The Kier molecular flexibility index (Phi) is 10.6. The molecule has 0 saturated heterocycles. The number of nitrogens with zero attached hydrogens (tertiary/aromatic N) is 5. The minimum Gasteiger partial charge on any atom is -0.439 e. The van der Waals surface area contributed by atoms with Gasteiger partial charge in [-0.25, -0.2) is 19.7 Å². The average Bonchev–Trinajstić information content (AvgIpc) is 3.39. The summed E-state index contributed by atoms with van der Waals surface area (Å²) in [6.45, 7) is 5.19. The third-order valence-corrected chi connectivity index (χ3v) is 8.23. The summed E-state index contributed by atoms with van der Waals surface area (Å²) >= 11 is 0. The van der Waals surface area contributed by atoms with E-state index in [4.69, 9.17) is 14.5 Å². The fourth-order valence-electron chi connectivity index (χ4n) is 4.58. The molecule has 8 nitrogen and oxygen atoms in total. The topological polar surface area (TPSA) is 77.3 Å². The van der Waals surface area contributed by atoms with Crippen LogP contribution in [0.1, 0.15) is 25.5 Å². The van der Waals surface area contributed by atoms with Crippen molar-refractivity contribution in [2.24, 2.45) is 0 Å². The Bertz CT molecular complexity index is 1350. The molecule has 0 aliphatic carbocycles. The Morgan fingerprint density at radius 1 is 1.07 bits per heavy atom. The van der Waals surface area contributed by atoms with Gasteiger partial charge in [-0.2, -0.15) is 5.10 Å². The van der Waals surface area contributed by atoms with Crippen LogP contribution in [0.15, 0.2) is 60.9 Å². The van der Waals surface area contributed by atoms with Crippen molar-refractivity contribution >= 4 is 20.9 Å². The fraction of sp³-hybridized carbons (Fsp3) is 0.452. The molecule has 4 aromatic rings. The molecular formula is C31H44N6O2S. The lowest BCUT2D eigenvalue weighted by atomic mass is 10.1. The Morgan fingerprint density at radius 3 is 2.65 bits per heavy atom. The van der Waals surface area contributed by atoms with Gasteiger partial charge >= 0.3 is 0 Å². The van der Waals surface area contributed by atoms with Crippen molar-refractivity contribution in [3.63, 3.8) is 0 Å². The number of aromatic nitrogens is 4. The fourth-order valence-corrected chi connectivity index (χ4v) is 5.20. The van der Waals surface area contributed by atoms with Gasteiger partial charge in [-0.1, -0.05) is 19.4 Å². The first-order valence-corrected chi connectivity index (χ1v) is 16.9. The monoisotopic (exact) mass is 564 g/mol. The van der Waals surface area contributed by atoms with Crippen LogP contribution < -0.4 is 10.1 Å². The Balaban J connectivity index is 1.37. The van der Waals surface area contributed by atoms with E-state index in [-0.39, 0.29) is 0 Å². The lowest BCUT2D eigenvalue weighted by Crippen LogP contribution is -2.38. The summed E-state index contributed by atoms with van der Waals surface area (Å²) in [7, 11) is 3.62. The molecule has 3 heterocycles. The van der Waals surface area contributed by atoms with E-state index in [1.807, 2.05) is 54.3 Å². The second-order valence-corrected chi connectivity index (χ2v) is 15.7. The van der Waals surface area contributed by atoms with Crippen LogP contribution in [0.5, 0.6) is 11.6 Å². The number of pyridine rings is 2. The first-order valence-electron chi connectivity index (χ1n) is 13.9. The number of likely N-dealkylation sites (N-methyl/N-ethyl adjacent to an activating group) is 2. The molecule has 1 N–H and O–H groups in total. The summed E-state index contributed by atoms with van der Waals surface area (Å²) in [6, 6.07) is 16.6. The van der Waals surface area contributed by atoms with Crippen molar-refractivity contribution in [3.8, 4) is 22.9 Å². The zero-order valence-corrected chi connectivity index (χ0v) is 25.6. The van der Waals surface area contributed by atoms with E-state index >= 15 is 0 Å². The maximum Gasteiger partial charge on any atom is 0.219 e. The number of hydrogen-bond acceptors (Lipinski definition) is 7. The lowest BCUT2D eigenvalue weighted by molar-refractivity contribution is 0.0821. The number of nitrogens with one attached hydrogen (secondary N) is 1. The third-order valence-electron chi connectivity index (χ3n) is 6.84. The summed E-state index contributed by atoms with van der Waals surface area (Å²) in [6.07, 6.45) is 12.8. The van der Waals surface area contributed by atoms with Crippen LogP contribution in [-0.2, 0) is 18.0 Å². The molecule has 9 heteroatoms. The molecule has 0 radical (unpaired) electrons. The van der Waals surface area contributed by atoms with Gasteiger partial charge in [0.05, 0.1) is 23.5 Å². The summed E-state index contributed by atoms with van der Waals surface area (Å²) in [4.78, 5) is 11.8. The van der Waals surface area contributed by atoms with Crippen LogP contribution in [0.2, 0.25) is 0 Å². The van der Waals surface area contributed by atoms with E-state index < -0.39 is 10.0 Å². The molecule has 0 bridgehead atoms. The predicted octanol–water partition coefficient (Wildman–Crippen LogP) is 5.77. The smallest absolute Gasteiger partial charge is 0.219 e. The summed E-state index contributed by atoms with van der Waals surface area (Å²) in [5.74, 6) is 2.35. The van der Waals surface area contributed by atoms with Crippen molar-refractivity contribution < 1.29 is 9.47 Å². The van der Waals surface area contributed by atoms with E-state index in [2.05, 4.69) is 65.2 Å². The molecule has 216 valence electrons. The highest BCUT2D eigenvalue weighted by atomic mass is 32.3.